The van der Waals surface area contributed by atoms with Crippen molar-refractivity contribution in [1.29, 1.82) is 0 Å². The van der Waals surface area contributed by atoms with E-state index < -0.39 is 16.8 Å². The fourth-order valence-electron chi connectivity index (χ4n) is 17.2. The summed E-state index contributed by atoms with van der Waals surface area (Å²) in [5, 5.41) is 31.9. The van der Waals surface area contributed by atoms with E-state index >= 15 is 0 Å². The van der Waals surface area contributed by atoms with Crippen LogP contribution in [0.15, 0.2) is 23.3 Å². The molecule has 0 unspecified atom stereocenters. The van der Waals surface area contributed by atoms with Crippen molar-refractivity contribution < 1.29 is 48.4 Å². The number of esters is 1. The van der Waals surface area contributed by atoms with Gasteiger partial charge in [-0.05, 0) is 243 Å². The third kappa shape index (κ3) is 12.3. The fraction of sp³-hybridized carbons (Fsp3) is 0.898. The van der Waals surface area contributed by atoms with Crippen molar-refractivity contribution in [3.63, 3.8) is 0 Å². The van der Waals surface area contributed by atoms with E-state index in [-0.39, 0.29) is 39.7 Å². The normalized spacial score (nSPS) is 41.6. The van der Waals surface area contributed by atoms with Crippen LogP contribution in [0.25, 0.3) is 0 Å². The third-order valence-corrected chi connectivity index (χ3v) is 21.1. The maximum atomic E-state index is 11.6. The minimum absolute atomic E-state index is 0. The largest absolute Gasteiger partial charge is 1.00 e. The summed E-state index contributed by atoms with van der Waals surface area (Å²) in [6, 6.07) is 0. The van der Waals surface area contributed by atoms with Crippen LogP contribution >= 0.6 is 0 Å². The average molecular weight is 915 g/mol. The van der Waals surface area contributed by atoms with Gasteiger partial charge in [0.2, 0.25) is 0 Å². The predicted octanol–water partition coefficient (Wildman–Crippen LogP) is 11.3. The van der Waals surface area contributed by atoms with E-state index in [1.807, 2.05) is 13.8 Å². The molecule has 376 valence electrons. The van der Waals surface area contributed by atoms with E-state index in [1.54, 1.807) is 11.1 Å². The van der Waals surface area contributed by atoms with Gasteiger partial charge in [0.1, 0.15) is 0 Å². The molecular weight excluding hydrogens is 812 g/mol. The molecule has 0 spiro atoms. The van der Waals surface area contributed by atoms with Gasteiger partial charge in [-0.25, -0.2) is 0 Å². The van der Waals surface area contributed by atoms with Crippen LogP contribution in [0.5, 0.6) is 0 Å². The van der Waals surface area contributed by atoms with Gasteiger partial charge in [-0.15, -0.1) is 0 Å². The number of rotatable bonds is 10. The van der Waals surface area contributed by atoms with Crippen LogP contribution in [0, 0.1) is 89.3 Å². The Bertz CT molecular complexity index is 1590. The van der Waals surface area contributed by atoms with Gasteiger partial charge in [0, 0.05) is 19.6 Å². The average Bonchev–Trinajstić information content (AvgIpc) is 4.04. The standard InChI is InChI=1S/C27H46O2.C26H42O3.C4H8O.CH4.CH3.Li/c1-6-27(29)16-13-20-19(17-27)7-8-22-21(20)12-15-26(5)23(9-10-24(22)26)18(2)11-14-25(3,4)28;1-5-26(28)15-13-19-18(16-26)7-8-21-20(19)12-14-25(3)22(9-10-23(21)25)17(2)6-11-24(27)29-4;1-2-4-5-3-1;;;/h7,18,20-24,28-29H,6,8-17H2,1-5H3;7,17,19-23,28H,5-6,8-16H2,1-4H3;1-4H2;1H4;1H3;/q;;;;-1;+1/t18-,20+,21-,22-,23-,24+,26-,27+;17-,19+,20-,21-,22-,23+,25-,26+;;;;/m11..../s1. The van der Waals surface area contributed by atoms with Crippen molar-refractivity contribution in [2.45, 2.75) is 234 Å². The molecule has 0 radical (unpaired) electrons. The van der Waals surface area contributed by atoms with Crippen molar-refractivity contribution in [2.75, 3.05) is 20.3 Å². The number of carbonyl (C=O) groups is 1. The first-order valence-corrected chi connectivity index (χ1v) is 27.1. The van der Waals surface area contributed by atoms with Gasteiger partial charge >= 0.3 is 24.8 Å². The van der Waals surface area contributed by atoms with E-state index in [0.29, 0.717) is 23.2 Å². The number of fused-ring (bicyclic) bond motifs is 10. The maximum absolute atomic E-state index is 11.6. The van der Waals surface area contributed by atoms with E-state index in [1.165, 1.54) is 97.0 Å². The van der Waals surface area contributed by atoms with Crippen molar-refractivity contribution >= 4 is 5.97 Å². The maximum Gasteiger partial charge on any atom is 1.00 e. The molecule has 0 amide bonds. The van der Waals surface area contributed by atoms with E-state index in [9.17, 15) is 20.1 Å². The Morgan fingerprint density at radius 3 is 1.55 bits per heavy atom. The summed E-state index contributed by atoms with van der Waals surface area (Å²) in [6.45, 7) is 20.2. The fourth-order valence-corrected chi connectivity index (χ4v) is 17.2. The smallest absolute Gasteiger partial charge is 0.469 e. The molecule has 6 saturated carbocycles. The van der Waals surface area contributed by atoms with Crippen molar-refractivity contribution in [2.24, 2.45) is 81.8 Å². The molecule has 7 fully saturated rings. The molecule has 7 heteroatoms. The van der Waals surface area contributed by atoms with Crippen molar-refractivity contribution in [3.8, 4) is 0 Å². The van der Waals surface area contributed by atoms with Crippen molar-refractivity contribution in [3.05, 3.63) is 30.7 Å². The van der Waals surface area contributed by atoms with Crippen LogP contribution in [0.2, 0.25) is 0 Å². The minimum atomic E-state index is -0.531. The monoisotopic (exact) mass is 915 g/mol. The zero-order valence-corrected chi connectivity index (χ0v) is 44.0. The Kier molecular flexibility index (Phi) is 20.9. The Hall–Kier alpha value is -0.613. The van der Waals surface area contributed by atoms with Gasteiger partial charge in [0.15, 0.2) is 0 Å². The van der Waals surface area contributed by atoms with E-state index in [2.05, 4.69) is 53.7 Å². The summed E-state index contributed by atoms with van der Waals surface area (Å²) < 4.78 is 9.82. The molecule has 1 aliphatic heterocycles. The number of methoxy groups -OCH3 is 1. The first-order chi connectivity index (χ1) is 29.9. The quantitative estimate of drug-likeness (QED) is 0.0874. The first kappa shape index (κ1) is 58.0. The second kappa shape index (κ2) is 23.7. The number of hydrogen-bond donors (Lipinski definition) is 3. The van der Waals surface area contributed by atoms with Crippen LogP contribution in [-0.4, -0.2) is 58.4 Å². The van der Waals surface area contributed by atoms with Gasteiger partial charge in [0.05, 0.1) is 23.9 Å². The van der Waals surface area contributed by atoms with Crippen LogP contribution in [0.1, 0.15) is 217 Å². The molecule has 8 aliphatic carbocycles. The van der Waals surface area contributed by atoms with E-state index in [4.69, 9.17) is 9.47 Å². The molecule has 66 heavy (non-hydrogen) atoms. The number of allylic oxidation sites excluding steroid dienone is 2. The molecule has 6 nitrogen and oxygen atoms in total. The topological polar surface area (TPSA) is 96.2 Å². The minimum Gasteiger partial charge on any atom is -0.469 e. The summed E-state index contributed by atoms with van der Waals surface area (Å²) in [5.41, 5.74) is 2.76. The first-order valence-electron chi connectivity index (χ1n) is 27.1. The molecule has 16 atom stereocenters. The number of aliphatic hydroxyl groups is 3. The SMILES string of the molecule is C.C1CCOC1.CC[C@]1(O)CC[C@H]2C(=CC[C@@H]3[C@@H]2CC[C@]2(C)[C@@H]([C@H](C)CCC(=O)OC)CC[C@@H]32)C1.CC[C@]1(O)CC[C@H]2C(=CC[C@@H]3[C@@H]2CC[C@]2(C)[C@@H]([C@H](C)CCC(C)(C)O)CC[C@@H]32)C1.[CH3-].[Li+]. The molecular formula is C59H103LiO6. The third-order valence-electron chi connectivity index (χ3n) is 21.1. The molecule has 1 heterocycles. The van der Waals surface area contributed by atoms with Gasteiger partial charge in [0.25, 0.3) is 0 Å². The molecule has 1 saturated heterocycles. The number of carbonyl (C=O) groups excluding carboxylic acids is 1. The van der Waals surface area contributed by atoms with Gasteiger partial charge in [-0.1, -0.05) is 72.3 Å². The molecule has 0 aromatic carbocycles. The number of ether oxygens (including phenoxy) is 2. The second-order valence-corrected chi connectivity index (χ2v) is 24.9. The Labute approximate surface area is 419 Å². The van der Waals surface area contributed by atoms with E-state index in [0.717, 1.165) is 136 Å². The van der Waals surface area contributed by atoms with Crippen molar-refractivity contribution in [1.82, 2.24) is 0 Å². The molecule has 9 aliphatic rings. The number of hydrogen-bond acceptors (Lipinski definition) is 6. The summed E-state index contributed by atoms with van der Waals surface area (Å²) in [7, 11) is 1.50. The molecule has 0 aromatic heterocycles. The summed E-state index contributed by atoms with van der Waals surface area (Å²) in [6.07, 6.45) is 32.9. The Morgan fingerprint density at radius 2 is 1.17 bits per heavy atom. The summed E-state index contributed by atoms with van der Waals surface area (Å²) in [5.74, 6) is 9.51. The molecule has 0 bridgehead atoms. The molecule has 3 N–H and O–H groups in total. The second-order valence-electron chi connectivity index (χ2n) is 24.9. The zero-order chi connectivity index (χ0) is 45.4. The predicted molar refractivity (Wildman–Crippen MR) is 270 cm³/mol. The van der Waals surface area contributed by atoms with Crippen LogP contribution in [0.3, 0.4) is 0 Å². The summed E-state index contributed by atoms with van der Waals surface area (Å²) in [4.78, 5) is 11.6. The zero-order valence-electron chi connectivity index (χ0n) is 44.0. The van der Waals surface area contributed by atoms with Crippen LogP contribution < -0.4 is 18.9 Å². The molecule has 9 rings (SSSR count). The summed E-state index contributed by atoms with van der Waals surface area (Å²) >= 11 is 0. The van der Waals surface area contributed by atoms with Gasteiger partial charge in [-0.3, -0.25) is 4.79 Å². The Morgan fingerprint density at radius 1 is 0.727 bits per heavy atom. The van der Waals surface area contributed by atoms with Gasteiger partial charge in [-0.2, -0.15) is 0 Å². The van der Waals surface area contributed by atoms with Gasteiger partial charge < -0.3 is 32.2 Å². The van der Waals surface area contributed by atoms with Crippen LogP contribution in [0.4, 0.5) is 0 Å². The van der Waals surface area contributed by atoms with Crippen LogP contribution in [-0.2, 0) is 14.3 Å². The molecule has 0 aromatic rings. The Balaban J connectivity index is 0.000000250.